The molecule has 0 N–H and O–H groups in total. The van der Waals surface area contributed by atoms with Crippen molar-refractivity contribution >= 4 is 28.3 Å². The number of hydrogen-bond donors (Lipinski definition) is 0. The molecule has 0 bridgehead atoms. The van der Waals surface area contributed by atoms with Crippen molar-refractivity contribution in [2.45, 2.75) is 18.9 Å². The Kier molecular flexibility index (Phi) is 2.71. The topological polar surface area (TPSA) is 33.2 Å². The fourth-order valence-electron chi connectivity index (χ4n) is 2.07. The number of halogens is 1. The largest absolute Gasteiger partial charge is 0.337 e. The summed E-state index contributed by atoms with van der Waals surface area (Å²) in [4.78, 5) is 18.2. The summed E-state index contributed by atoms with van der Waals surface area (Å²) in [6.45, 7) is 0. The van der Waals surface area contributed by atoms with E-state index in [4.69, 9.17) is 11.6 Å². The summed E-state index contributed by atoms with van der Waals surface area (Å²) in [5, 5.41) is 2.22. The molecule has 18 heavy (non-hydrogen) atoms. The Morgan fingerprint density at radius 3 is 2.83 bits per heavy atom. The summed E-state index contributed by atoms with van der Waals surface area (Å²) in [5.41, 5.74) is 0.424. The molecule has 4 heteroatoms. The molecule has 1 heterocycles. The van der Waals surface area contributed by atoms with E-state index >= 15 is 0 Å². The molecule has 3 rings (SSSR count). The number of hydrogen-bond acceptors (Lipinski definition) is 2. The van der Waals surface area contributed by atoms with E-state index in [1.54, 1.807) is 4.90 Å². The molecular weight excluding hydrogens is 248 g/mol. The zero-order valence-corrected chi connectivity index (χ0v) is 10.8. The zero-order chi connectivity index (χ0) is 12.7. The predicted octanol–water partition coefficient (Wildman–Crippen LogP) is 3.12. The molecule has 1 aliphatic carbocycles. The first-order valence-electron chi connectivity index (χ1n) is 5.99. The van der Waals surface area contributed by atoms with Crippen LogP contribution in [-0.2, 0) is 0 Å². The molecule has 2 aromatic rings. The number of fused-ring (bicyclic) bond motifs is 1. The van der Waals surface area contributed by atoms with Gasteiger partial charge in [0.25, 0.3) is 5.91 Å². The van der Waals surface area contributed by atoms with Crippen LogP contribution in [0.1, 0.15) is 23.3 Å². The van der Waals surface area contributed by atoms with Crippen molar-refractivity contribution < 1.29 is 4.79 Å². The smallest absolute Gasteiger partial charge is 0.272 e. The van der Waals surface area contributed by atoms with Gasteiger partial charge in [0.15, 0.2) is 0 Å². The van der Waals surface area contributed by atoms with Gasteiger partial charge in [0.05, 0.1) is 0 Å². The number of carbonyl (C=O) groups is 1. The maximum absolute atomic E-state index is 12.2. The molecule has 0 spiro atoms. The fourth-order valence-corrected chi connectivity index (χ4v) is 2.34. The lowest BCUT2D eigenvalue weighted by atomic mass is 10.1. The fraction of sp³-hybridized carbons (Fsp3) is 0.286. The third kappa shape index (κ3) is 1.95. The van der Waals surface area contributed by atoms with Crippen LogP contribution >= 0.6 is 11.6 Å². The molecule has 1 aromatic heterocycles. The van der Waals surface area contributed by atoms with Crippen molar-refractivity contribution in [3.63, 3.8) is 0 Å². The van der Waals surface area contributed by atoms with Crippen LogP contribution in [0.3, 0.4) is 0 Å². The molecule has 0 saturated heterocycles. The van der Waals surface area contributed by atoms with Crippen LogP contribution in [0.5, 0.6) is 0 Å². The average Bonchev–Trinajstić information content (AvgIpc) is 3.21. The highest BCUT2D eigenvalue weighted by molar-refractivity contribution is 6.34. The second-order valence-electron chi connectivity index (χ2n) is 4.67. The number of rotatable bonds is 2. The number of nitrogens with zero attached hydrogens (tertiary/aromatic N) is 2. The maximum Gasteiger partial charge on any atom is 0.272 e. The standard InChI is InChI=1S/C14H13ClN2O/c1-17(10-6-7-10)14(18)12-8-9-4-2-3-5-11(9)13(15)16-12/h2-5,8,10H,6-7H2,1H3. The Bertz CT molecular complexity index is 622. The molecule has 0 atom stereocenters. The van der Waals surface area contributed by atoms with Crippen molar-refractivity contribution in [1.82, 2.24) is 9.88 Å². The third-order valence-electron chi connectivity index (χ3n) is 3.33. The molecule has 1 amide bonds. The first kappa shape index (κ1) is 11.5. The van der Waals surface area contributed by atoms with Gasteiger partial charge in [-0.1, -0.05) is 35.9 Å². The van der Waals surface area contributed by atoms with Gasteiger partial charge < -0.3 is 4.90 Å². The van der Waals surface area contributed by atoms with E-state index in [-0.39, 0.29) is 5.91 Å². The SMILES string of the molecule is CN(C(=O)c1cc2ccccc2c(Cl)n1)C1CC1. The molecule has 0 aliphatic heterocycles. The van der Waals surface area contributed by atoms with Crippen molar-refractivity contribution in [2.75, 3.05) is 7.05 Å². The minimum atomic E-state index is -0.0508. The van der Waals surface area contributed by atoms with Crippen molar-refractivity contribution in [3.8, 4) is 0 Å². The molecule has 1 fully saturated rings. The minimum absolute atomic E-state index is 0.0508. The number of aromatic nitrogens is 1. The Hall–Kier alpha value is -1.61. The average molecular weight is 261 g/mol. The van der Waals surface area contributed by atoms with E-state index in [1.807, 2.05) is 37.4 Å². The van der Waals surface area contributed by atoms with Gasteiger partial charge in [0.1, 0.15) is 10.8 Å². The van der Waals surface area contributed by atoms with Crippen LogP contribution in [0.2, 0.25) is 5.15 Å². The predicted molar refractivity (Wildman–Crippen MR) is 71.9 cm³/mol. The number of benzene rings is 1. The maximum atomic E-state index is 12.2. The monoisotopic (exact) mass is 260 g/mol. The second-order valence-corrected chi connectivity index (χ2v) is 5.02. The Labute approximate surface area is 110 Å². The molecule has 0 unspecified atom stereocenters. The highest BCUT2D eigenvalue weighted by Gasteiger charge is 2.30. The van der Waals surface area contributed by atoms with Gasteiger partial charge in [-0.3, -0.25) is 4.79 Å². The highest BCUT2D eigenvalue weighted by Crippen LogP contribution is 2.28. The molecule has 1 aromatic carbocycles. The highest BCUT2D eigenvalue weighted by atomic mass is 35.5. The van der Waals surface area contributed by atoms with Crippen molar-refractivity contribution in [1.29, 1.82) is 0 Å². The number of pyridine rings is 1. The molecular formula is C14H13ClN2O. The summed E-state index contributed by atoms with van der Waals surface area (Å²) in [5.74, 6) is -0.0508. The van der Waals surface area contributed by atoms with E-state index in [2.05, 4.69) is 4.98 Å². The van der Waals surface area contributed by atoms with Gasteiger partial charge in [0.2, 0.25) is 0 Å². The summed E-state index contributed by atoms with van der Waals surface area (Å²) in [6.07, 6.45) is 2.17. The summed E-state index contributed by atoms with van der Waals surface area (Å²) in [6, 6.07) is 9.87. The van der Waals surface area contributed by atoms with Crippen LogP contribution in [0.15, 0.2) is 30.3 Å². The molecule has 0 radical (unpaired) electrons. The Morgan fingerprint density at radius 2 is 2.11 bits per heavy atom. The molecule has 1 aliphatic rings. The molecule has 92 valence electrons. The van der Waals surface area contributed by atoms with Gasteiger partial charge in [-0.2, -0.15) is 0 Å². The van der Waals surface area contributed by atoms with E-state index in [0.717, 1.165) is 23.6 Å². The van der Waals surface area contributed by atoms with Gasteiger partial charge in [-0.25, -0.2) is 4.98 Å². The van der Waals surface area contributed by atoms with E-state index in [1.165, 1.54) is 0 Å². The first-order chi connectivity index (χ1) is 8.66. The lowest BCUT2D eigenvalue weighted by molar-refractivity contribution is 0.0779. The minimum Gasteiger partial charge on any atom is -0.337 e. The van der Waals surface area contributed by atoms with Gasteiger partial charge in [-0.05, 0) is 24.3 Å². The first-order valence-corrected chi connectivity index (χ1v) is 6.37. The Morgan fingerprint density at radius 1 is 1.39 bits per heavy atom. The van der Waals surface area contributed by atoms with Gasteiger partial charge in [-0.15, -0.1) is 0 Å². The normalized spacial score (nSPS) is 14.8. The van der Waals surface area contributed by atoms with E-state index in [0.29, 0.717) is 16.9 Å². The zero-order valence-electron chi connectivity index (χ0n) is 10.1. The van der Waals surface area contributed by atoms with Gasteiger partial charge in [0, 0.05) is 18.5 Å². The molecule has 3 nitrogen and oxygen atoms in total. The van der Waals surface area contributed by atoms with Gasteiger partial charge >= 0.3 is 0 Å². The number of carbonyl (C=O) groups excluding carboxylic acids is 1. The van der Waals surface area contributed by atoms with Crippen LogP contribution < -0.4 is 0 Å². The van der Waals surface area contributed by atoms with Crippen molar-refractivity contribution in [2.24, 2.45) is 0 Å². The Balaban J connectivity index is 2.04. The molecule has 1 saturated carbocycles. The summed E-state index contributed by atoms with van der Waals surface area (Å²) >= 11 is 6.12. The third-order valence-corrected chi connectivity index (χ3v) is 3.62. The number of amides is 1. The second kappa shape index (κ2) is 4.25. The summed E-state index contributed by atoms with van der Waals surface area (Å²) < 4.78 is 0. The summed E-state index contributed by atoms with van der Waals surface area (Å²) in [7, 11) is 1.82. The lowest BCUT2D eigenvalue weighted by Crippen LogP contribution is -2.29. The van der Waals surface area contributed by atoms with Crippen molar-refractivity contribution in [3.05, 3.63) is 41.2 Å². The van der Waals surface area contributed by atoms with Crippen LogP contribution in [0.4, 0.5) is 0 Å². The van der Waals surface area contributed by atoms with Crippen LogP contribution in [-0.4, -0.2) is 28.9 Å². The quantitative estimate of drug-likeness (QED) is 0.778. The van der Waals surface area contributed by atoms with E-state index in [9.17, 15) is 4.79 Å². The van der Waals surface area contributed by atoms with Crippen LogP contribution in [0.25, 0.3) is 10.8 Å². The lowest BCUT2D eigenvalue weighted by Gasteiger charge is -2.16. The van der Waals surface area contributed by atoms with E-state index < -0.39 is 0 Å². The van der Waals surface area contributed by atoms with Crippen LogP contribution in [0, 0.1) is 0 Å².